The van der Waals surface area contributed by atoms with Crippen molar-refractivity contribution in [1.82, 2.24) is 0 Å². The van der Waals surface area contributed by atoms with Crippen LogP contribution in [0.4, 0.5) is 11.4 Å². The molecule has 146 valence electrons. The van der Waals surface area contributed by atoms with Crippen molar-refractivity contribution in [2.45, 2.75) is 32.7 Å². The summed E-state index contributed by atoms with van der Waals surface area (Å²) < 4.78 is 0. The van der Waals surface area contributed by atoms with E-state index in [0.717, 1.165) is 22.5 Å². The maximum Gasteiger partial charge on any atom is 0.121 e. The molecule has 0 radical (unpaired) electrons. The van der Waals surface area contributed by atoms with Gasteiger partial charge in [-0.05, 0) is 60.4 Å². The third-order valence-corrected chi connectivity index (χ3v) is 5.13. The summed E-state index contributed by atoms with van der Waals surface area (Å²) in [5, 5.41) is 14.3. The van der Waals surface area contributed by atoms with Crippen LogP contribution in [0, 0.1) is 6.92 Å². The fourth-order valence-electron chi connectivity index (χ4n) is 3.29. The van der Waals surface area contributed by atoms with E-state index in [1.807, 2.05) is 26.2 Å². The van der Waals surface area contributed by atoms with Gasteiger partial charge in [-0.2, -0.15) is 0 Å². The van der Waals surface area contributed by atoms with Gasteiger partial charge in [0.25, 0.3) is 0 Å². The van der Waals surface area contributed by atoms with Crippen LogP contribution in [0.1, 0.15) is 48.1 Å². The molecule has 3 aromatic rings. The van der Waals surface area contributed by atoms with Crippen LogP contribution in [-0.2, 0) is 0 Å². The molecule has 3 heteroatoms. The molecule has 0 heterocycles. The second kappa shape index (κ2) is 8.39. The molecule has 0 saturated heterocycles. The molecule has 0 aliphatic rings. The quantitative estimate of drug-likeness (QED) is 0.548. The van der Waals surface area contributed by atoms with Gasteiger partial charge >= 0.3 is 0 Å². The summed E-state index contributed by atoms with van der Waals surface area (Å²) >= 11 is 0. The molecule has 0 aromatic heterocycles. The van der Waals surface area contributed by atoms with Crippen LogP contribution in [0.3, 0.4) is 0 Å². The van der Waals surface area contributed by atoms with Crippen LogP contribution in [0.25, 0.3) is 0 Å². The van der Waals surface area contributed by atoms with E-state index >= 15 is 0 Å². The second-order valence-corrected chi connectivity index (χ2v) is 7.90. The van der Waals surface area contributed by atoms with E-state index in [2.05, 4.69) is 85.6 Å². The van der Waals surface area contributed by atoms with E-state index in [-0.39, 0.29) is 6.04 Å². The number of anilines is 2. The Kier molecular flexibility index (Phi) is 5.93. The lowest BCUT2D eigenvalue weighted by Gasteiger charge is -2.24. The first-order chi connectivity index (χ1) is 13.3. The van der Waals surface area contributed by atoms with Crippen molar-refractivity contribution in [3.63, 3.8) is 0 Å². The maximum atomic E-state index is 10.7. The Labute approximate surface area is 168 Å². The molecule has 1 atom stereocenters. The largest absolute Gasteiger partial charge is 0.508 e. The van der Waals surface area contributed by atoms with Crippen molar-refractivity contribution in [2.75, 3.05) is 24.3 Å². The zero-order valence-electron chi connectivity index (χ0n) is 17.4. The minimum Gasteiger partial charge on any atom is -0.508 e. The summed E-state index contributed by atoms with van der Waals surface area (Å²) in [7, 11) is 4.07. The lowest BCUT2D eigenvalue weighted by Crippen LogP contribution is -2.14. The van der Waals surface area contributed by atoms with E-state index in [1.165, 1.54) is 11.1 Å². The number of nitrogens with one attached hydrogen (secondary N) is 1. The number of nitrogens with zero attached hydrogens (tertiary/aromatic N) is 1. The van der Waals surface area contributed by atoms with Gasteiger partial charge in [-0.3, -0.25) is 0 Å². The summed E-state index contributed by atoms with van der Waals surface area (Å²) in [6, 6.07) is 22.6. The van der Waals surface area contributed by atoms with Crippen molar-refractivity contribution in [3.8, 4) is 5.75 Å². The average molecular weight is 375 g/mol. The lowest BCUT2D eigenvalue weighted by atomic mass is 9.92. The molecule has 0 aliphatic heterocycles. The van der Waals surface area contributed by atoms with Crippen LogP contribution < -0.4 is 10.2 Å². The lowest BCUT2D eigenvalue weighted by molar-refractivity contribution is 0.466. The van der Waals surface area contributed by atoms with Gasteiger partial charge in [-0.25, -0.2) is 0 Å². The number of benzene rings is 3. The minimum absolute atomic E-state index is 0.141. The highest BCUT2D eigenvalue weighted by atomic mass is 16.3. The van der Waals surface area contributed by atoms with E-state index in [9.17, 15) is 5.11 Å². The number of phenolic OH excluding ortho intramolecular Hbond substituents is 1. The Morgan fingerprint density at radius 3 is 2.00 bits per heavy atom. The predicted molar refractivity (Wildman–Crippen MR) is 120 cm³/mol. The van der Waals surface area contributed by atoms with Crippen molar-refractivity contribution in [1.29, 1.82) is 0 Å². The van der Waals surface area contributed by atoms with Crippen molar-refractivity contribution < 1.29 is 5.11 Å². The number of hydrogen-bond acceptors (Lipinski definition) is 3. The number of phenols is 1. The highest BCUT2D eigenvalue weighted by molar-refractivity contribution is 5.55. The number of aromatic hydroxyl groups is 1. The van der Waals surface area contributed by atoms with E-state index in [0.29, 0.717) is 11.7 Å². The molecule has 2 N–H and O–H groups in total. The molecule has 3 nitrogen and oxygen atoms in total. The van der Waals surface area contributed by atoms with Gasteiger partial charge < -0.3 is 15.3 Å². The Bertz CT molecular complexity index is 912. The molecular weight excluding hydrogens is 344 g/mol. The zero-order chi connectivity index (χ0) is 20.3. The van der Waals surface area contributed by atoms with Gasteiger partial charge in [0.15, 0.2) is 0 Å². The minimum atomic E-state index is -0.141. The third kappa shape index (κ3) is 4.48. The van der Waals surface area contributed by atoms with Gasteiger partial charge in [-0.15, -0.1) is 0 Å². The summed E-state index contributed by atoms with van der Waals surface area (Å²) in [4.78, 5) is 2.09. The fraction of sp³-hybridized carbons (Fsp3) is 0.280. The van der Waals surface area contributed by atoms with Crippen LogP contribution >= 0.6 is 0 Å². The van der Waals surface area contributed by atoms with Crippen LogP contribution in [-0.4, -0.2) is 19.2 Å². The highest BCUT2D eigenvalue weighted by Gasteiger charge is 2.19. The van der Waals surface area contributed by atoms with Crippen LogP contribution in [0.5, 0.6) is 5.75 Å². The average Bonchev–Trinajstić information content (AvgIpc) is 2.68. The molecule has 0 amide bonds. The molecule has 28 heavy (non-hydrogen) atoms. The standard InChI is InChI=1S/C25H30N2O/c1-17(2)20-10-15-24(28)23(16-20)25(26-21-11-6-18(3)7-12-21)19-8-13-22(14-9-19)27(4)5/h6-17,25-26,28H,1-5H3. The summed E-state index contributed by atoms with van der Waals surface area (Å²) in [6.45, 7) is 6.42. The number of aryl methyl sites for hydroxylation is 1. The molecule has 3 rings (SSSR count). The SMILES string of the molecule is Cc1ccc(NC(c2ccc(N(C)C)cc2)c2cc(C(C)C)ccc2O)cc1. The monoisotopic (exact) mass is 374 g/mol. The molecule has 1 unspecified atom stereocenters. The zero-order valence-corrected chi connectivity index (χ0v) is 17.4. The van der Waals surface area contributed by atoms with E-state index < -0.39 is 0 Å². The molecule has 0 fully saturated rings. The van der Waals surface area contributed by atoms with Crippen molar-refractivity contribution in [3.05, 3.63) is 89.0 Å². The van der Waals surface area contributed by atoms with Gasteiger partial charge in [-0.1, -0.05) is 49.7 Å². The van der Waals surface area contributed by atoms with Gasteiger partial charge in [0.2, 0.25) is 0 Å². The third-order valence-electron chi connectivity index (χ3n) is 5.13. The predicted octanol–water partition coefficient (Wildman–Crippen LogP) is 6.09. The highest BCUT2D eigenvalue weighted by Crippen LogP contribution is 2.35. The smallest absolute Gasteiger partial charge is 0.121 e. The molecule has 0 spiro atoms. The first-order valence-corrected chi connectivity index (χ1v) is 9.78. The van der Waals surface area contributed by atoms with Crippen molar-refractivity contribution >= 4 is 11.4 Å². The van der Waals surface area contributed by atoms with Gasteiger partial charge in [0.1, 0.15) is 5.75 Å². The van der Waals surface area contributed by atoms with Crippen LogP contribution in [0.2, 0.25) is 0 Å². The first kappa shape index (κ1) is 19.8. The fourth-order valence-corrected chi connectivity index (χ4v) is 3.29. The Balaban J connectivity index is 2.06. The topological polar surface area (TPSA) is 35.5 Å². The van der Waals surface area contributed by atoms with E-state index in [4.69, 9.17) is 0 Å². The van der Waals surface area contributed by atoms with Crippen molar-refractivity contribution in [2.24, 2.45) is 0 Å². The second-order valence-electron chi connectivity index (χ2n) is 7.90. The molecule has 0 bridgehead atoms. The molecule has 0 aliphatic carbocycles. The van der Waals surface area contributed by atoms with Gasteiger partial charge in [0.05, 0.1) is 6.04 Å². The first-order valence-electron chi connectivity index (χ1n) is 9.78. The number of rotatable bonds is 6. The normalized spacial score (nSPS) is 12.1. The molecule has 3 aromatic carbocycles. The van der Waals surface area contributed by atoms with Crippen LogP contribution in [0.15, 0.2) is 66.7 Å². The summed E-state index contributed by atoms with van der Waals surface area (Å²) in [6.07, 6.45) is 0. The molecule has 0 saturated carbocycles. The summed E-state index contributed by atoms with van der Waals surface area (Å²) in [5.41, 5.74) is 6.63. The Morgan fingerprint density at radius 1 is 0.821 bits per heavy atom. The number of hydrogen-bond donors (Lipinski definition) is 2. The maximum absolute atomic E-state index is 10.7. The Hall–Kier alpha value is -2.94. The summed E-state index contributed by atoms with van der Waals surface area (Å²) in [5.74, 6) is 0.709. The molecular formula is C25H30N2O. The van der Waals surface area contributed by atoms with Gasteiger partial charge in [0, 0.05) is 31.0 Å². The van der Waals surface area contributed by atoms with E-state index in [1.54, 1.807) is 0 Å². The Morgan fingerprint density at radius 2 is 1.43 bits per heavy atom.